The van der Waals surface area contributed by atoms with Gasteiger partial charge in [-0.15, -0.1) is 0 Å². The first-order valence-electron chi connectivity index (χ1n) is 11.2. The third-order valence-corrected chi connectivity index (χ3v) is 6.43. The highest BCUT2D eigenvalue weighted by Crippen LogP contribution is 2.29. The number of aryl methyl sites for hydroxylation is 1. The number of hydrogen-bond acceptors (Lipinski definition) is 4. The number of hydrogen-bond donors (Lipinski definition) is 2. The van der Waals surface area contributed by atoms with Crippen LogP contribution in [0.2, 0.25) is 0 Å². The van der Waals surface area contributed by atoms with Crippen molar-refractivity contribution in [2.24, 2.45) is 0 Å². The maximum absolute atomic E-state index is 13.3. The minimum absolute atomic E-state index is 0.434. The zero-order chi connectivity index (χ0) is 23.9. The molecule has 174 valence electrons. The van der Waals surface area contributed by atoms with E-state index in [1.807, 2.05) is 18.3 Å². The number of nitrogens with one attached hydrogen (secondary N) is 2. The van der Waals surface area contributed by atoms with Crippen molar-refractivity contribution in [1.82, 2.24) is 19.8 Å². The molecule has 0 bridgehead atoms. The second-order valence-electron chi connectivity index (χ2n) is 8.76. The Hall–Kier alpha value is -4.01. The van der Waals surface area contributed by atoms with Gasteiger partial charge in [-0.25, -0.2) is 14.2 Å². The van der Waals surface area contributed by atoms with Gasteiger partial charge in [0.05, 0.1) is 0 Å². The predicted octanol–water partition coefficient (Wildman–Crippen LogP) is 3.43. The van der Waals surface area contributed by atoms with Crippen LogP contribution in [0, 0.1) is 5.82 Å². The van der Waals surface area contributed by atoms with Crippen LogP contribution in [-0.2, 0) is 28.1 Å². The van der Waals surface area contributed by atoms with Gasteiger partial charge in [0.15, 0.2) is 0 Å². The second-order valence-corrected chi connectivity index (χ2v) is 8.76. The van der Waals surface area contributed by atoms with Gasteiger partial charge in [0.2, 0.25) is 5.91 Å². The highest BCUT2D eigenvalue weighted by atomic mass is 19.1. The van der Waals surface area contributed by atoms with Crippen LogP contribution in [-0.4, -0.2) is 38.8 Å². The Morgan fingerprint density at radius 1 is 1.12 bits per heavy atom. The van der Waals surface area contributed by atoms with Crippen LogP contribution in [0.4, 0.5) is 14.9 Å². The van der Waals surface area contributed by atoms with E-state index in [4.69, 9.17) is 0 Å². The van der Waals surface area contributed by atoms with Gasteiger partial charge in [-0.2, -0.15) is 0 Å². The summed E-state index contributed by atoms with van der Waals surface area (Å²) in [5, 5.41) is 5.34. The van der Waals surface area contributed by atoms with Crippen LogP contribution >= 0.6 is 0 Å². The van der Waals surface area contributed by atoms with Gasteiger partial charge in [0, 0.05) is 29.7 Å². The molecule has 0 saturated carbocycles. The molecule has 1 saturated heterocycles. The molecular formula is C25H24FN5O3. The number of rotatable bonds is 5. The lowest BCUT2D eigenvalue weighted by molar-refractivity contribution is -0.133. The molecule has 8 nitrogen and oxygen atoms in total. The largest absolute Gasteiger partial charge is 0.328 e. The van der Waals surface area contributed by atoms with Gasteiger partial charge in [0.1, 0.15) is 23.7 Å². The number of halogens is 1. The van der Waals surface area contributed by atoms with E-state index >= 15 is 0 Å². The minimum Gasteiger partial charge on any atom is -0.328 e. The van der Waals surface area contributed by atoms with Gasteiger partial charge < -0.3 is 15.2 Å². The van der Waals surface area contributed by atoms with Gasteiger partial charge in [-0.3, -0.25) is 14.5 Å². The smallest absolute Gasteiger partial charge is 0.325 e. The molecule has 0 radical (unpaired) electrons. The molecule has 1 unspecified atom stereocenters. The molecule has 1 aromatic heterocycles. The van der Waals surface area contributed by atoms with Gasteiger partial charge >= 0.3 is 6.03 Å². The standard InChI is InChI=1S/C25H24FN5O3/c1-25(17-7-9-18(26)10-8-17)23(33)31(24(34)29-25)15-21(32)28-19-11-5-16(6-12-19)22-27-14-20-4-2-3-13-30(20)22/h5-12,14H,2-4,13,15H2,1H3,(H,28,32)(H,29,34). The number of aromatic nitrogens is 2. The number of urea groups is 1. The van der Waals surface area contributed by atoms with Crippen molar-refractivity contribution in [1.29, 1.82) is 0 Å². The van der Waals surface area contributed by atoms with Crippen molar-refractivity contribution in [2.45, 2.75) is 38.3 Å². The van der Waals surface area contributed by atoms with Crippen LogP contribution in [0.1, 0.15) is 31.0 Å². The molecule has 0 aliphatic carbocycles. The van der Waals surface area contributed by atoms with E-state index in [1.54, 1.807) is 12.1 Å². The van der Waals surface area contributed by atoms with Crippen molar-refractivity contribution in [2.75, 3.05) is 11.9 Å². The molecule has 3 aromatic rings. The van der Waals surface area contributed by atoms with Crippen molar-refractivity contribution in [3.63, 3.8) is 0 Å². The lowest BCUT2D eigenvalue weighted by Gasteiger charge is -2.22. The fourth-order valence-corrected chi connectivity index (χ4v) is 4.53. The van der Waals surface area contributed by atoms with E-state index in [2.05, 4.69) is 20.2 Å². The summed E-state index contributed by atoms with van der Waals surface area (Å²) in [6, 6.07) is 12.0. The molecule has 2 N–H and O–H groups in total. The lowest BCUT2D eigenvalue weighted by Crippen LogP contribution is -2.42. The first kappa shape index (κ1) is 21.8. The molecule has 3 heterocycles. The summed E-state index contributed by atoms with van der Waals surface area (Å²) in [5.74, 6) is -0.609. The molecule has 5 rings (SSSR count). The summed E-state index contributed by atoms with van der Waals surface area (Å²) in [7, 11) is 0. The molecule has 1 atom stereocenters. The van der Waals surface area contributed by atoms with Crippen LogP contribution in [0.5, 0.6) is 0 Å². The topological polar surface area (TPSA) is 96.3 Å². The first-order chi connectivity index (χ1) is 16.3. The Morgan fingerprint density at radius 2 is 1.85 bits per heavy atom. The Kier molecular flexibility index (Phi) is 5.39. The Balaban J connectivity index is 1.25. The summed E-state index contributed by atoms with van der Waals surface area (Å²) >= 11 is 0. The molecule has 4 amide bonds. The van der Waals surface area contributed by atoms with Gasteiger partial charge in [-0.1, -0.05) is 12.1 Å². The number of carbonyl (C=O) groups excluding carboxylic acids is 3. The molecule has 1 fully saturated rings. The highest BCUT2D eigenvalue weighted by molar-refractivity contribution is 6.10. The summed E-state index contributed by atoms with van der Waals surface area (Å²) in [6.45, 7) is 2.05. The average molecular weight is 461 g/mol. The van der Waals surface area contributed by atoms with Crippen LogP contribution in [0.25, 0.3) is 11.4 Å². The van der Waals surface area contributed by atoms with E-state index < -0.39 is 35.7 Å². The zero-order valence-corrected chi connectivity index (χ0v) is 18.7. The third-order valence-electron chi connectivity index (χ3n) is 6.43. The van der Waals surface area contributed by atoms with E-state index in [-0.39, 0.29) is 0 Å². The fourth-order valence-electron chi connectivity index (χ4n) is 4.53. The fraction of sp³-hybridized carbons (Fsp3) is 0.280. The monoisotopic (exact) mass is 461 g/mol. The highest BCUT2D eigenvalue weighted by Gasteiger charge is 2.49. The predicted molar refractivity (Wildman–Crippen MR) is 123 cm³/mol. The van der Waals surface area contributed by atoms with Crippen molar-refractivity contribution in [3.05, 3.63) is 71.8 Å². The van der Waals surface area contributed by atoms with Gasteiger partial charge in [-0.05, 0) is 68.1 Å². The number of nitrogens with zero attached hydrogens (tertiary/aromatic N) is 3. The third kappa shape index (κ3) is 3.83. The zero-order valence-electron chi connectivity index (χ0n) is 18.7. The Bertz CT molecular complexity index is 1270. The quantitative estimate of drug-likeness (QED) is 0.569. The Morgan fingerprint density at radius 3 is 2.59 bits per heavy atom. The maximum Gasteiger partial charge on any atom is 0.325 e. The summed E-state index contributed by atoms with van der Waals surface area (Å²) in [5.41, 5.74) is 1.81. The normalized spacial score (nSPS) is 19.6. The summed E-state index contributed by atoms with van der Waals surface area (Å²) in [6.07, 6.45) is 5.26. The molecule has 0 spiro atoms. The van der Waals surface area contributed by atoms with Crippen molar-refractivity contribution < 1.29 is 18.8 Å². The molecule has 2 aliphatic heterocycles. The SMILES string of the molecule is CC1(c2ccc(F)cc2)NC(=O)N(CC(=O)Nc2ccc(-c3ncc4n3CCCC4)cc2)C1=O. The summed E-state index contributed by atoms with van der Waals surface area (Å²) < 4.78 is 15.5. The van der Waals surface area contributed by atoms with Crippen LogP contribution in [0.15, 0.2) is 54.7 Å². The summed E-state index contributed by atoms with van der Waals surface area (Å²) in [4.78, 5) is 43.4. The number of amides is 4. The van der Waals surface area contributed by atoms with Crippen LogP contribution < -0.4 is 10.6 Å². The number of imide groups is 1. The van der Waals surface area contributed by atoms with E-state index in [1.165, 1.54) is 43.3 Å². The lowest BCUT2D eigenvalue weighted by atomic mass is 9.92. The maximum atomic E-state index is 13.3. The van der Waals surface area contributed by atoms with Crippen molar-refractivity contribution >= 4 is 23.5 Å². The van der Waals surface area contributed by atoms with Crippen LogP contribution in [0.3, 0.4) is 0 Å². The number of benzene rings is 2. The molecule has 2 aromatic carbocycles. The second kappa shape index (κ2) is 8.40. The van der Waals surface area contributed by atoms with Crippen molar-refractivity contribution in [3.8, 4) is 11.4 Å². The molecule has 34 heavy (non-hydrogen) atoms. The average Bonchev–Trinajstić information content (AvgIpc) is 3.35. The number of fused-ring (bicyclic) bond motifs is 1. The molecule has 2 aliphatic rings. The van der Waals surface area contributed by atoms with Gasteiger partial charge in [0.25, 0.3) is 5.91 Å². The number of carbonyl (C=O) groups is 3. The van der Waals surface area contributed by atoms with E-state index in [0.29, 0.717) is 11.3 Å². The number of anilines is 1. The number of imidazole rings is 1. The molecular weight excluding hydrogens is 437 g/mol. The van der Waals surface area contributed by atoms with E-state index in [9.17, 15) is 18.8 Å². The minimum atomic E-state index is -1.37. The molecule has 9 heteroatoms. The van der Waals surface area contributed by atoms with E-state index in [0.717, 1.165) is 35.7 Å². The Labute approximate surface area is 195 Å². The first-order valence-corrected chi connectivity index (χ1v) is 11.2.